The maximum Gasteiger partial charge on any atom is 0.233 e. The summed E-state index contributed by atoms with van der Waals surface area (Å²) in [5.41, 5.74) is 4.73. The van der Waals surface area contributed by atoms with E-state index in [0.717, 1.165) is 29.2 Å². The van der Waals surface area contributed by atoms with Crippen molar-refractivity contribution >= 4 is 17.7 Å². The van der Waals surface area contributed by atoms with Gasteiger partial charge in [-0.3, -0.25) is 9.36 Å². The molecule has 1 aromatic heterocycles. The number of nitrogens with zero attached hydrogens (tertiary/aromatic N) is 4. The van der Waals surface area contributed by atoms with Crippen molar-refractivity contribution in [2.45, 2.75) is 38.4 Å². The van der Waals surface area contributed by atoms with Gasteiger partial charge in [0.1, 0.15) is 6.33 Å². The maximum absolute atomic E-state index is 12.6. The molecule has 0 N–H and O–H groups in total. The molecule has 3 rings (SSSR count). The van der Waals surface area contributed by atoms with Gasteiger partial charge in [-0.2, -0.15) is 0 Å². The highest BCUT2D eigenvalue weighted by Crippen LogP contribution is 2.23. The van der Waals surface area contributed by atoms with Crippen LogP contribution in [0.4, 0.5) is 0 Å². The average Bonchev–Trinajstić information content (AvgIpc) is 3.20. The second-order valence-electron chi connectivity index (χ2n) is 6.67. The van der Waals surface area contributed by atoms with Gasteiger partial charge in [-0.1, -0.05) is 68.1 Å². The molecule has 0 aliphatic rings. The van der Waals surface area contributed by atoms with Gasteiger partial charge in [-0.25, -0.2) is 0 Å². The quantitative estimate of drug-likeness (QED) is 0.539. The molecule has 1 heterocycles. The van der Waals surface area contributed by atoms with Crippen molar-refractivity contribution < 1.29 is 4.79 Å². The van der Waals surface area contributed by atoms with Gasteiger partial charge in [0.25, 0.3) is 0 Å². The fourth-order valence-corrected chi connectivity index (χ4v) is 3.87. The number of carbonyl (C=O) groups is 1. The van der Waals surface area contributed by atoms with E-state index in [1.165, 1.54) is 22.9 Å². The van der Waals surface area contributed by atoms with Gasteiger partial charge in [-0.05, 0) is 35.6 Å². The van der Waals surface area contributed by atoms with Gasteiger partial charge in [0.15, 0.2) is 5.16 Å². The molecule has 0 unspecified atom stereocenters. The maximum atomic E-state index is 12.6. The summed E-state index contributed by atoms with van der Waals surface area (Å²) in [6.45, 7) is 4.87. The number of benzene rings is 2. The van der Waals surface area contributed by atoms with Gasteiger partial charge >= 0.3 is 0 Å². The molecule has 6 heteroatoms. The number of rotatable bonds is 8. The molecule has 3 aromatic rings. The van der Waals surface area contributed by atoms with Crippen LogP contribution in [0, 0.1) is 0 Å². The normalized spacial score (nSPS) is 10.8. The Bertz CT molecular complexity index is 920. The highest BCUT2D eigenvalue weighted by molar-refractivity contribution is 7.99. The van der Waals surface area contributed by atoms with Crippen molar-refractivity contribution in [2.24, 2.45) is 0 Å². The number of amides is 1. The van der Waals surface area contributed by atoms with Gasteiger partial charge in [-0.15, -0.1) is 10.2 Å². The number of carbonyl (C=O) groups excluding carboxylic acids is 1. The Balaban J connectivity index is 1.62. The average molecular weight is 395 g/mol. The van der Waals surface area contributed by atoms with Gasteiger partial charge in [0.2, 0.25) is 5.91 Å². The second kappa shape index (κ2) is 9.55. The van der Waals surface area contributed by atoms with Gasteiger partial charge in [0, 0.05) is 13.6 Å². The third-order valence-electron chi connectivity index (χ3n) is 4.75. The third kappa shape index (κ3) is 4.81. The zero-order chi connectivity index (χ0) is 19.9. The minimum Gasteiger partial charge on any atom is -0.341 e. The number of hydrogen-bond donors (Lipinski definition) is 0. The summed E-state index contributed by atoms with van der Waals surface area (Å²) < 4.78 is 1.96. The predicted molar refractivity (Wildman–Crippen MR) is 114 cm³/mol. The second-order valence-corrected chi connectivity index (χ2v) is 7.62. The number of aromatic nitrogens is 3. The van der Waals surface area contributed by atoms with E-state index in [0.29, 0.717) is 12.3 Å². The lowest BCUT2D eigenvalue weighted by molar-refractivity contribution is -0.127. The Morgan fingerprint density at radius 3 is 2.46 bits per heavy atom. The molecule has 5 nitrogen and oxygen atoms in total. The van der Waals surface area contributed by atoms with Crippen molar-refractivity contribution in [1.29, 1.82) is 0 Å². The fourth-order valence-electron chi connectivity index (χ4n) is 3.01. The monoisotopic (exact) mass is 394 g/mol. The number of aryl methyl sites for hydroxylation is 2. The molecule has 0 saturated carbocycles. The molecular weight excluding hydrogens is 368 g/mol. The fraction of sp³-hybridized carbons (Fsp3) is 0.318. The number of para-hydroxylation sites is 1. The lowest BCUT2D eigenvalue weighted by Crippen LogP contribution is -2.27. The number of thioether (sulfide) groups is 1. The van der Waals surface area contributed by atoms with Crippen LogP contribution in [0.3, 0.4) is 0 Å². The minimum absolute atomic E-state index is 0.0721. The van der Waals surface area contributed by atoms with Crippen molar-refractivity contribution in [2.75, 3.05) is 12.8 Å². The first-order valence-electron chi connectivity index (χ1n) is 9.55. The lowest BCUT2D eigenvalue weighted by atomic mass is 10.1. The smallest absolute Gasteiger partial charge is 0.233 e. The topological polar surface area (TPSA) is 51.0 Å². The zero-order valence-corrected chi connectivity index (χ0v) is 17.4. The van der Waals surface area contributed by atoms with Crippen LogP contribution in [-0.2, 0) is 24.2 Å². The Kier molecular flexibility index (Phi) is 6.87. The Morgan fingerprint density at radius 2 is 1.75 bits per heavy atom. The van der Waals surface area contributed by atoms with E-state index >= 15 is 0 Å². The molecule has 0 aliphatic heterocycles. The van der Waals surface area contributed by atoms with Crippen molar-refractivity contribution in [3.8, 4) is 5.69 Å². The van der Waals surface area contributed by atoms with Gasteiger partial charge < -0.3 is 4.90 Å². The summed E-state index contributed by atoms with van der Waals surface area (Å²) in [5, 5.41) is 8.99. The summed E-state index contributed by atoms with van der Waals surface area (Å²) >= 11 is 1.42. The van der Waals surface area contributed by atoms with Crippen LogP contribution in [0.15, 0.2) is 60.0 Å². The Labute approximate surface area is 170 Å². The first-order chi connectivity index (χ1) is 13.6. The summed E-state index contributed by atoms with van der Waals surface area (Å²) in [6.07, 6.45) is 3.66. The van der Waals surface area contributed by atoms with Crippen LogP contribution >= 0.6 is 11.8 Å². The summed E-state index contributed by atoms with van der Waals surface area (Å²) in [4.78, 5) is 14.3. The Hall–Kier alpha value is -2.60. The SMILES string of the molecule is CCc1ccc(CN(C)C(=O)CSc2nncn2-c2ccccc2CC)cc1. The highest BCUT2D eigenvalue weighted by Gasteiger charge is 2.14. The first kappa shape index (κ1) is 20.1. The molecule has 1 amide bonds. The van der Waals surface area contributed by atoms with Crippen LogP contribution < -0.4 is 0 Å². The molecule has 0 atom stereocenters. The van der Waals surface area contributed by atoms with Crippen LogP contribution in [-0.4, -0.2) is 38.4 Å². The first-order valence-corrected chi connectivity index (χ1v) is 10.5. The lowest BCUT2D eigenvalue weighted by Gasteiger charge is -2.17. The Morgan fingerprint density at radius 1 is 1.04 bits per heavy atom. The van der Waals surface area contributed by atoms with Crippen molar-refractivity contribution in [1.82, 2.24) is 19.7 Å². The van der Waals surface area contributed by atoms with Crippen LogP contribution in [0.1, 0.15) is 30.5 Å². The van der Waals surface area contributed by atoms with Crippen molar-refractivity contribution in [3.63, 3.8) is 0 Å². The van der Waals surface area contributed by atoms with E-state index in [1.54, 1.807) is 11.2 Å². The molecule has 0 spiro atoms. The largest absolute Gasteiger partial charge is 0.341 e. The summed E-state index contributed by atoms with van der Waals surface area (Å²) in [5.74, 6) is 0.402. The van der Waals surface area contributed by atoms with Crippen LogP contribution in [0.2, 0.25) is 0 Å². The third-order valence-corrected chi connectivity index (χ3v) is 5.68. The minimum atomic E-state index is 0.0721. The standard InChI is InChI=1S/C22H26N4OS/c1-4-17-10-12-18(13-11-17)14-25(3)21(27)15-28-22-24-23-16-26(22)20-9-7-6-8-19(20)5-2/h6-13,16H,4-5,14-15H2,1-3H3. The molecule has 0 radical (unpaired) electrons. The molecule has 0 saturated heterocycles. The highest BCUT2D eigenvalue weighted by atomic mass is 32.2. The van der Waals surface area contributed by atoms with Gasteiger partial charge in [0.05, 0.1) is 11.4 Å². The van der Waals surface area contributed by atoms with E-state index in [9.17, 15) is 4.79 Å². The summed E-state index contributed by atoms with van der Waals surface area (Å²) in [7, 11) is 1.84. The molecule has 0 fully saturated rings. The molecular formula is C22H26N4OS. The van der Waals surface area contributed by atoms with E-state index < -0.39 is 0 Å². The van der Waals surface area contributed by atoms with Crippen molar-refractivity contribution in [3.05, 3.63) is 71.5 Å². The molecule has 2 aromatic carbocycles. The predicted octanol–water partition coefficient (Wildman–Crippen LogP) is 4.14. The molecule has 0 aliphatic carbocycles. The number of hydrogen-bond acceptors (Lipinski definition) is 4. The van der Waals surface area contributed by atoms with E-state index in [1.807, 2.05) is 23.7 Å². The van der Waals surface area contributed by atoms with E-state index in [2.05, 4.69) is 60.4 Å². The van der Waals surface area contributed by atoms with E-state index in [4.69, 9.17) is 0 Å². The molecule has 146 valence electrons. The van der Waals surface area contributed by atoms with E-state index in [-0.39, 0.29) is 5.91 Å². The zero-order valence-electron chi connectivity index (χ0n) is 16.6. The molecule has 0 bridgehead atoms. The van der Waals surface area contributed by atoms with Crippen LogP contribution in [0.5, 0.6) is 0 Å². The van der Waals surface area contributed by atoms with Crippen LogP contribution in [0.25, 0.3) is 5.69 Å². The molecule has 28 heavy (non-hydrogen) atoms. The summed E-state index contributed by atoms with van der Waals surface area (Å²) in [6, 6.07) is 16.6.